The topological polar surface area (TPSA) is 24.1 Å². The molecular weight excluding hydrogens is 443 g/mol. The Hall–Kier alpha value is -0.810. The second kappa shape index (κ2) is 9.60. The van der Waals surface area contributed by atoms with Crippen LogP contribution in [-0.2, 0) is 0 Å². The zero-order valence-electron chi connectivity index (χ0n) is 16.3. The largest absolute Gasteiger partial charge is 0.385 e. The molecule has 2 nitrogen and oxygen atoms in total. The maximum atomic E-state index is 4.02. The van der Waals surface area contributed by atoms with Crippen LogP contribution in [0.2, 0.25) is 0 Å². The Balaban J connectivity index is 1.59. The number of benzene rings is 1. The van der Waals surface area contributed by atoms with Gasteiger partial charge in [0.1, 0.15) is 0 Å². The Morgan fingerprint density at radius 1 is 0.889 bits per heavy atom. The molecule has 0 bridgehead atoms. The van der Waals surface area contributed by atoms with E-state index in [2.05, 4.69) is 75.7 Å². The smallest absolute Gasteiger partial charge is 0.0342 e. The minimum atomic E-state index is 0.465. The predicted molar refractivity (Wildman–Crippen MR) is 124 cm³/mol. The lowest BCUT2D eigenvalue weighted by Gasteiger charge is -2.36. The molecule has 0 amide bonds. The van der Waals surface area contributed by atoms with Crippen molar-refractivity contribution in [1.29, 1.82) is 0 Å². The standard InChI is InChI=1S/C24H33IN2/c25-20-11-13-21(14-12-20)27-24-17-19(18-8-4-3-5-9-18)16-23-22(24)10-6-1-2-7-15-26-23/h3-5,8-9,16-17,20-23,26-27H,1-2,6-7,10-15H2/t20-,21+,22?,23?. The molecule has 0 radical (unpaired) electrons. The highest BCUT2D eigenvalue weighted by molar-refractivity contribution is 14.1. The van der Waals surface area contributed by atoms with Crippen LogP contribution in [0, 0.1) is 5.92 Å². The van der Waals surface area contributed by atoms with Gasteiger partial charge in [-0.25, -0.2) is 0 Å². The van der Waals surface area contributed by atoms with E-state index in [4.69, 9.17) is 0 Å². The lowest BCUT2D eigenvalue weighted by Crippen LogP contribution is -2.43. The van der Waals surface area contributed by atoms with Gasteiger partial charge < -0.3 is 10.6 Å². The number of alkyl halides is 1. The molecule has 2 atom stereocenters. The second-order valence-electron chi connectivity index (χ2n) is 8.47. The molecule has 1 heterocycles. The summed E-state index contributed by atoms with van der Waals surface area (Å²) in [5, 5.41) is 7.90. The lowest BCUT2D eigenvalue weighted by molar-refractivity contribution is 0.357. The van der Waals surface area contributed by atoms with Gasteiger partial charge in [0.2, 0.25) is 0 Å². The number of nitrogens with one attached hydrogen (secondary N) is 2. The molecule has 146 valence electrons. The normalized spacial score (nSPS) is 32.2. The summed E-state index contributed by atoms with van der Waals surface area (Å²) in [5.41, 5.74) is 4.22. The number of hydrogen-bond acceptors (Lipinski definition) is 2. The molecule has 3 aliphatic rings. The van der Waals surface area contributed by atoms with Crippen molar-refractivity contribution in [2.24, 2.45) is 5.92 Å². The molecule has 0 spiro atoms. The first-order valence-electron chi connectivity index (χ1n) is 10.9. The SMILES string of the molecule is I[C@H]1CC[C@@H](NC2=CC(c3ccccc3)=CC3NCCCCCCC23)CC1. The van der Waals surface area contributed by atoms with Crippen LogP contribution in [0.3, 0.4) is 0 Å². The van der Waals surface area contributed by atoms with Crippen LogP contribution in [0.5, 0.6) is 0 Å². The van der Waals surface area contributed by atoms with Gasteiger partial charge in [-0.1, -0.05) is 78.3 Å². The van der Waals surface area contributed by atoms with E-state index in [1.807, 2.05) is 0 Å². The van der Waals surface area contributed by atoms with E-state index < -0.39 is 0 Å². The average molecular weight is 476 g/mol. The molecule has 1 saturated heterocycles. The summed E-state index contributed by atoms with van der Waals surface area (Å²) in [5.74, 6) is 0.605. The van der Waals surface area contributed by atoms with Crippen LogP contribution in [0.15, 0.2) is 48.2 Å². The van der Waals surface area contributed by atoms with Gasteiger partial charge in [0.15, 0.2) is 0 Å². The molecule has 1 aromatic rings. The molecule has 1 aliphatic heterocycles. The minimum Gasteiger partial charge on any atom is -0.385 e. The molecule has 1 saturated carbocycles. The summed E-state index contributed by atoms with van der Waals surface area (Å²) < 4.78 is 0.875. The zero-order chi connectivity index (χ0) is 18.5. The first kappa shape index (κ1) is 19.5. The molecule has 2 unspecified atom stereocenters. The van der Waals surface area contributed by atoms with Crippen molar-refractivity contribution < 1.29 is 0 Å². The van der Waals surface area contributed by atoms with E-state index in [1.165, 1.54) is 74.6 Å². The number of hydrogen-bond donors (Lipinski definition) is 2. The fraction of sp³-hybridized carbons (Fsp3) is 0.583. The number of fused-ring (bicyclic) bond motifs is 1. The van der Waals surface area contributed by atoms with Crippen LogP contribution in [0.4, 0.5) is 0 Å². The molecule has 2 N–H and O–H groups in total. The highest BCUT2D eigenvalue weighted by Gasteiger charge is 2.30. The maximum absolute atomic E-state index is 4.02. The summed E-state index contributed by atoms with van der Waals surface area (Å²) in [6.45, 7) is 1.15. The van der Waals surface area contributed by atoms with Crippen LogP contribution >= 0.6 is 22.6 Å². The fourth-order valence-electron chi connectivity index (χ4n) is 4.87. The third-order valence-corrected chi connectivity index (χ3v) is 7.71. The van der Waals surface area contributed by atoms with E-state index >= 15 is 0 Å². The lowest BCUT2D eigenvalue weighted by atomic mass is 9.82. The first-order chi connectivity index (χ1) is 13.3. The third kappa shape index (κ3) is 5.17. The van der Waals surface area contributed by atoms with Gasteiger partial charge in [0, 0.05) is 27.6 Å². The third-order valence-electron chi connectivity index (χ3n) is 6.46. The van der Waals surface area contributed by atoms with Crippen molar-refractivity contribution in [2.75, 3.05) is 6.54 Å². The number of rotatable bonds is 3. The van der Waals surface area contributed by atoms with Crippen molar-refractivity contribution in [2.45, 2.75) is 73.8 Å². The molecular formula is C24H33IN2. The summed E-state index contributed by atoms with van der Waals surface area (Å²) in [6.07, 6.45) is 17.0. The molecule has 4 rings (SSSR count). The molecule has 2 fully saturated rings. The number of allylic oxidation sites excluding steroid dienone is 2. The number of halogens is 1. The van der Waals surface area contributed by atoms with Crippen molar-refractivity contribution in [3.8, 4) is 0 Å². The maximum Gasteiger partial charge on any atom is 0.0342 e. The van der Waals surface area contributed by atoms with Crippen molar-refractivity contribution in [3.05, 3.63) is 53.7 Å². The van der Waals surface area contributed by atoms with Gasteiger partial charge in [-0.05, 0) is 62.3 Å². The van der Waals surface area contributed by atoms with Gasteiger partial charge in [-0.3, -0.25) is 0 Å². The summed E-state index contributed by atoms with van der Waals surface area (Å²) >= 11 is 2.63. The summed E-state index contributed by atoms with van der Waals surface area (Å²) in [6, 6.07) is 12.0. The van der Waals surface area contributed by atoms with E-state index in [1.54, 1.807) is 0 Å². The molecule has 2 aliphatic carbocycles. The summed E-state index contributed by atoms with van der Waals surface area (Å²) in [7, 11) is 0. The Morgan fingerprint density at radius 3 is 2.48 bits per heavy atom. The average Bonchev–Trinajstić information content (AvgIpc) is 2.82. The van der Waals surface area contributed by atoms with E-state index in [0.29, 0.717) is 18.0 Å². The highest BCUT2D eigenvalue weighted by atomic mass is 127. The summed E-state index contributed by atoms with van der Waals surface area (Å²) in [4.78, 5) is 0. The van der Waals surface area contributed by atoms with Crippen LogP contribution in [-0.4, -0.2) is 22.6 Å². The van der Waals surface area contributed by atoms with Crippen LogP contribution in [0.25, 0.3) is 5.57 Å². The molecule has 3 heteroatoms. The minimum absolute atomic E-state index is 0.465. The Labute approximate surface area is 178 Å². The van der Waals surface area contributed by atoms with Gasteiger partial charge in [0.25, 0.3) is 0 Å². The predicted octanol–water partition coefficient (Wildman–Crippen LogP) is 5.84. The molecule has 27 heavy (non-hydrogen) atoms. The fourth-order valence-corrected chi connectivity index (χ4v) is 5.58. The second-order valence-corrected chi connectivity index (χ2v) is 10.2. The van der Waals surface area contributed by atoms with Gasteiger partial charge in [0.05, 0.1) is 0 Å². The van der Waals surface area contributed by atoms with Crippen molar-refractivity contribution >= 4 is 28.2 Å². The molecule has 1 aromatic carbocycles. The van der Waals surface area contributed by atoms with Crippen molar-refractivity contribution in [1.82, 2.24) is 10.6 Å². The van der Waals surface area contributed by atoms with E-state index in [-0.39, 0.29) is 0 Å². The molecule has 0 aromatic heterocycles. The highest BCUT2D eigenvalue weighted by Crippen LogP contribution is 2.34. The Kier molecular flexibility index (Phi) is 6.93. The van der Waals surface area contributed by atoms with Gasteiger partial charge in [-0.2, -0.15) is 0 Å². The van der Waals surface area contributed by atoms with E-state index in [9.17, 15) is 0 Å². The Bertz CT molecular complexity index is 658. The van der Waals surface area contributed by atoms with E-state index in [0.717, 1.165) is 10.5 Å². The quantitative estimate of drug-likeness (QED) is 0.423. The monoisotopic (exact) mass is 476 g/mol. The van der Waals surface area contributed by atoms with Crippen LogP contribution in [0.1, 0.15) is 63.4 Å². The van der Waals surface area contributed by atoms with Crippen molar-refractivity contribution in [3.63, 3.8) is 0 Å². The Morgan fingerprint density at radius 2 is 1.67 bits per heavy atom. The first-order valence-corrected chi connectivity index (χ1v) is 12.2. The van der Waals surface area contributed by atoms with Gasteiger partial charge in [-0.15, -0.1) is 0 Å². The van der Waals surface area contributed by atoms with Gasteiger partial charge >= 0.3 is 0 Å². The zero-order valence-corrected chi connectivity index (χ0v) is 18.5. The van der Waals surface area contributed by atoms with Crippen LogP contribution < -0.4 is 10.6 Å².